The quantitative estimate of drug-likeness (QED) is 0.663. The van der Waals surface area contributed by atoms with Crippen molar-refractivity contribution in [3.05, 3.63) is 47.2 Å². The lowest BCUT2D eigenvalue weighted by Gasteiger charge is -2.28. The topological polar surface area (TPSA) is 69.0 Å². The molecule has 0 saturated carbocycles. The van der Waals surface area contributed by atoms with Crippen molar-refractivity contribution in [2.45, 2.75) is 32.0 Å². The average Bonchev–Trinajstić information content (AvgIpc) is 2.96. The number of thioether (sulfide) groups is 1. The van der Waals surface area contributed by atoms with Crippen molar-refractivity contribution in [3.8, 4) is 0 Å². The van der Waals surface area contributed by atoms with Crippen molar-refractivity contribution < 1.29 is 9.53 Å². The number of anilines is 1. The predicted octanol–water partition coefficient (Wildman–Crippen LogP) is 3.24. The molecule has 1 unspecified atom stereocenters. The maximum Gasteiger partial charge on any atom is 0.338 e. The molecule has 0 saturated heterocycles. The monoisotopic (exact) mass is 344 g/mol. The lowest BCUT2D eigenvalue weighted by molar-refractivity contribution is -0.139. The van der Waals surface area contributed by atoms with Gasteiger partial charge in [-0.3, -0.25) is 0 Å². The van der Waals surface area contributed by atoms with Gasteiger partial charge < -0.3 is 10.1 Å². The second-order valence-electron chi connectivity index (χ2n) is 5.29. The molecule has 1 aromatic heterocycles. The van der Waals surface area contributed by atoms with E-state index in [2.05, 4.69) is 22.3 Å². The fraction of sp³-hybridized carbons (Fsp3) is 0.353. The number of hydrogen-bond donors (Lipinski definition) is 1. The molecule has 7 heteroatoms. The second-order valence-corrected chi connectivity index (χ2v) is 6.52. The van der Waals surface area contributed by atoms with Crippen LogP contribution in [-0.2, 0) is 9.53 Å². The highest BCUT2D eigenvalue weighted by molar-refractivity contribution is 7.99. The third-order valence-corrected chi connectivity index (χ3v) is 4.44. The van der Waals surface area contributed by atoms with Crippen molar-refractivity contribution in [2.75, 3.05) is 17.7 Å². The summed E-state index contributed by atoms with van der Waals surface area (Å²) < 4.78 is 7.04. The Kier molecular flexibility index (Phi) is 4.89. The Hall–Kier alpha value is -2.28. The fourth-order valence-electron chi connectivity index (χ4n) is 2.74. The van der Waals surface area contributed by atoms with Crippen LogP contribution < -0.4 is 5.32 Å². The Bertz CT molecular complexity index is 770. The number of aromatic nitrogens is 3. The molecule has 1 aliphatic heterocycles. The van der Waals surface area contributed by atoms with Gasteiger partial charge in [0, 0.05) is 5.70 Å². The van der Waals surface area contributed by atoms with Crippen LogP contribution in [0.25, 0.3) is 0 Å². The minimum atomic E-state index is -0.347. The van der Waals surface area contributed by atoms with Gasteiger partial charge in [0.05, 0.1) is 12.2 Å². The van der Waals surface area contributed by atoms with E-state index in [9.17, 15) is 4.79 Å². The van der Waals surface area contributed by atoms with E-state index < -0.39 is 0 Å². The maximum atomic E-state index is 12.5. The van der Waals surface area contributed by atoms with Gasteiger partial charge in [-0.1, -0.05) is 49.0 Å². The summed E-state index contributed by atoms with van der Waals surface area (Å²) in [5.74, 6) is 1.20. The summed E-state index contributed by atoms with van der Waals surface area (Å²) in [7, 11) is 0. The van der Waals surface area contributed by atoms with Crippen LogP contribution in [0.3, 0.4) is 0 Å². The van der Waals surface area contributed by atoms with E-state index in [-0.39, 0.29) is 12.0 Å². The number of esters is 1. The third kappa shape index (κ3) is 3.03. The summed E-state index contributed by atoms with van der Waals surface area (Å²) >= 11 is 1.57. The molecule has 2 aromatic rings. The van der Waals surface area contributed by atoms with E-state index in [0.717, 1.165) is 17.0 Å². The first-order valence-corrected chi connectivity index (χ1v) is 8.93. The Morgan fingerprint density at radius 1 is 1.33 bits per heavy atom. The van der Waals surface area contributed by atoms with E-state index in [0.29, 0.717) is 23.3 Å². The Morgan fingerprint density at radius 2 is 2.08 bits per heavy atom. The first kappa shape index (κ1) is 16.6. The molecular weight excluding hydrogens is 324 g/mol. The first-order chi connectivity index (χ1) is 11.7. The molecule has 1 aromatic carbocycles. The molecule has 0 bridgehead atoms. The van der Waals surface area contributed by atoms with Gasteiger partial charge in [-0.05, 0) is 25.2 Å². The molecule has 24 heavy (non-hydrogen) atoms. The summed E-state index contributed by atoms with van der Waals surface area (Å²) in [5.41, 5.74) is 2.28. The molecule has 6 nitrogen and oxygen atoms in total. The highest BCUT2D eigenvalue weighted by atomic mass is 32.2. The van der Waals surface area contributed by atoms with E-state index in [1.165, 1.54) is 0 Å². The number of benzene rings is 1. The summed E-state index contributed by atoms with van der Waals surface area (Å²) in [4.78, 5) is 17.1. The molecule has 1 N–H and O–H groups in total. The van der Waals surface area contributed by atoms with E-state index in [1.807, 2.05) is 37.3 Å². The van der Waals surface area contributed by atoms with Crippen LogP contribution in [0.15, 0.2) is 46.8 Å². The maximum absolute atomic E-state index is 12.5. The molecule has 1 atom stereocenters. The van der Waals surface area contributed by atoms with Gasteiger partial charge in [0.1, 0.15) is 6.04 Å². The highest BCUT2D eigenvalue weighted by Gasteiger charge is 2.34. The molecular formula is C17H20N4O2S. The average molecular weight is 344 g/mol. The number of carbonyl (C=O) groups excluding carboxylic acids is 1. The highest BCUT2D eigenvalue weighted by Crippen LogP contribution is 2.36. The minimum absolute atomic E-state index is 0.331. The lowest BCUT2D eigenvalue weighted by Crippen LogP contribution is -2.29. The molecule has 0 fully saturated rings. The van der Waals surface area contributed by atoms with Crippen LogP contribution in [0.1, 0.15) is 32.4 Å². The summed E-state index contributed by atoms with van der Waals surface area (Å²) in [5, 5.41) is 8.47. The van der Waals surface area contributed by atoms with Crippen molar-refractivity contribution >= 4 is 23.7 Å². The molecule has 3 rings (SSSR count). The smallest absolute Gasteiger partial charge is 0.338 e. The molecule has 1 aliphatic rings. The predicted molar refractivity (Wildman–Crippen MR) is 94.0 cm³/mol. The number of rotatable bonds is 5. The lowest BCUT2D eigenvalue weighted by atomic mass is 9.96. The Balaban J connectivity index is 2.12. The molecule has 2 heterocycles. The number of nitrogens with zero attached hydrogens (tertiary/aromatic N) is 3. The standard InChI is InChI=1S/C17H20N4O2S/c1-4-23-15(22)13-11(3)18-16-19-17(24-5-2)20-21(16)14(13)12-9-7-6-8-10-12/h6-10,14H,4-5H2,1-3H3,(H,18,19,20). The summed E-state index contributed by atoms with van der Waals surface area (Å²) in [6.45, 7) is 6.06. The molecule has 0 aliphatic carbocycles. The van der Waals surface area contributed by atoms with Crippen molar-refractivity contribution in [1.82, 2.24) is 14.8 Å². The zero-order chi connectivity index (χ0) is 17.1. The van der Waals surface area contributed by atoms with Crippen LogP contribution in [0.5, 0.6) is 0 Å². The molecule has 0 spiro atoms. The van der Waals surface area contributed by atoms with Crippen LogP contribution in [0, 0.1) is 0 Å². The summed E-state index contributed by atoms with van der Waals surface area (Å²) in [6, 6.07) is 9.48. The van der Waals surface area contributed by atoms with Crippen LogP contribution >= 0.6 is 11.8 Å². The van der Waals surface area contributed by atoms with Crippen molar-refractivity contribution in [3.63, 3.8) is 0 Å². The number of carbonyl (C=O) groups is 1. The molecule has 0 amide bonds. The van der Waals surface area contributed by atoms with Gasteiger partial charge in [0.15, 0.2) is 0 Å². The molecule has 0 radical (unpaired) electrons. The van der Waals surface area contributed by atoms with Crippen LogP contribution in [0.2, 0.25) is 0 Å². The number of nitrogens with one attached hydrogen (secondary N) is 1. The second kappa shape index (κ2) is 7.09. The SMILES string of the molecule is CCOC(=O)C1=C(C)Nc2nc(SCC)nn2C1c1ccccc1. The number of allylic oxidation sites excluding steroid dienone is 1. The fourth-order valence-corrected chi connectivity index (χ4v) is 3.29. The first-order valence-electron chi connectivity index (χ1n) is 7.94. The largest absolute Gasteiger partial charge is 0.463 e. The van der Waals surface area contributed by atoms with Gasteiger partial charge in [0.25, 0.3) is 0 Å². The van der Waals surface area contributed by atoms with Gasteiger partial charge in [-0.2, -0.15) is 4.98 Å². The summed E-state index contributed by atoms with van der Waals surface area (Å²) in [6.07, 6.45) is 0. The normalized spacial score (nSPS) is 16.5. The third-order valence-electron chi connectivity index (χ3n) is 3.72. The zero-order valence-electron chi connectivity index (χ0n) is 13.9. The van der Waals surface area contributed by atoms with Gasteiger partial charge in [0.2, 0.25) is 11.1 Å². The van der Waals surface area contributed by atoms with E-state index in [4.69, 9.17) is 4.74 Å². The van der Waals surface area contributed by atoms with Gasteiger partial charge >= 0.3 is 5.97 Å². The Morgan fingerprint density at radius 3 is 2.75 bits per heavy atom. The van der Waals surface area contributed by atoms with Crippen molar-refractivity contribution in [1.29, 1.82) is 0 Å². The number of hydrogen-bond acceptors (Lipinski definition) is 6. The van der Waals surface area contributed by atoms with Crippen LogP contribution in [-0.4, -0.2) is 33.1 Å². The Labute approximate surface area is 145 Å². The van der Waals surface area contributed by atoms with Gasteiger partial charge in [-0.25, -0.2) is 9.48 Å². The minimum Gasteiger partial charge on any atom is -0.463 e. The van der Waals surface area contributed by atoms with Crippen LogP contribution in [0.4, 0.5) is 5.95 Å². The van der Waals surface area contributed by atoms with E-state index >= 15 is 0 Å². The number of ether oxygens (including phenoxy) is 1. The zero-order valence-corrected chi connectivity index (χ0v) is 14.8. The number of fused-ring (bicyclic) bond motifs is 1. The molecule has 126 valence electrons. The van der Waals surface area contributed by atoms with Crippen molar-refractivity contribution in [2.24, 2.45) is 0 Å². The van der Waals surface area contributed by atoms with E-state index in [1.54, 1.807) is 23.4 Å². The van der Waals surface area contributed by atoms with Gasteiger partial charge in [-0.15, -0.1) is 5.10 Å².